The Morgan fingerprint density at radius 1 is 1.24 bits per heavy atom. The highest BCUT2D eigenvalue weighted by molar-refractivity contribution is 5.84. The number of carbonyl (C=O) groups is 1. The zero-order chi connectivity index (χ0) is 23.2. The lowest BCUT2D eigenvalue weighted by Gasteiger charge is -2.36. The van der Waals surface area contributed by atoms with Gasteiger partial charge in [-0.15, -0.1) is 0 Å². The molecule has 3 aromatic rings. The number of aromatic amines is 1. The average Bonchev–Trinajstić information content (AvgIpc) is 3.23. The van der Waals surface area contributed by atoms with Crippen molar-refractivity contribution in [1.82, 2.24) is 24.8 Å². The molecule has 1 amide bonds. The smallest absolute Gasteiger partial charge is 0.248 e. The number of nitrogens with one attached hydrogen (secondary N) is 2. The average molecular weight is 449 g/mol. The molecule has 2 aliphatic heterocycles. The van der Waals surface area contributed by atoms with Crippen molar-refractivity contribution in [2.75, 3.05) is 18.4 Å². The number of H-pyrrole nitrogens is 1. The molecule has 0 aromatic carbocycles. The Balaban J connectivity index is 1.34. The van der Waals surface area contributed by atoms with Gasteiger partial charge in [-0.3, -0.25) is 9.59 Å². The Hall–Kier alpha value is -3.62. The molecule has 0 aliphatic carbocycles. The minimum absolute atomic E-state index is 0.125. The van der Waals surface area contributed by atoms with Gasteiger partial charge in [-0.2, -0.15) is 0 Å². The first-order valence-electron chi connectivity index (χ1n) is 11.1. The third-order valence-corrected chi connectivity index (χ3v) is 6.76. The van der Waals surface area contributed by atoms with Crippen LogP contribution in [0.4, 0.5) is 10.2 Å². The van der Waals surface area contributed by atoms with Crippen LogP contribution in [0.1, 0.15) is 42.5 Å². The van der Waals surface area contributed by atoms with Gasteiger partial charge in [0, 0.05) is 48.9 Å². The van der Waals surface area contributed by atoms with Crippen molar-refractivity contribution >= 4 is 11.7 Å². The Morgan fingerprint density at radius 2 is 2.03 bits per heavy atom. The highest BCUT2D eigenvalue weighted by atomic mass is 19.1. The van der Waals surface area contributed by atoms with E-state index in [1.807, 2.05) is 6.92 Å². The van der Waals surface area contributed by atoms with Crippen LogP contribution in [0.3, 0.4) is 0 Å². The summed E-state index contributed by atoms with van der Waals surface area (Å²) in [6.45, 7) is 4.68. The molecule has 33 heavy (non-hydrogen) atoms. The van der Waals surface area contributed by atoms with E-state index in [9.17, 15) is 14.0 Å². The lowest BCUT2D eigenvalue weighted by Crippen LogP contribution is -2.46. The number of amides is 1. The molecule has 9 heteroatoms. The Kier molecular flexibility index (Phi) is 5.19. The van der Waals surface area contributed by atoms with Gasteiger partial charge in [0.1, 0.15) is 11.6 Å². The molecule has 0 unspecified atom stereocenters. The molecule has 2 aliphatic rings. The zero-order valence-corrected chi connectivity index (χ0v) is 18.6. The van der Waals surface area contributed by atoms with E-state index in [0.29, 0.717) is 18.9 Å². The van der Waals surface area contributed by atoms with Gasteiger partial charge in [-0.1, -0.05) is 0 Å². The highest BCUT2D eigenvalue weighted by Crippen LogP contribution is 2.38. The quantitative estimate of drug-likeness (QED) is 0.639. The van der Waals surface area contributed by atoms with Gasteiger partial charge < -0.3 is 15.2 Å². The van der Waals surface area contributed by atoms with E-state index in [1.165, 1.54) is 6.07 Å². The summed E-state index contributed by atoms with van der Waals surface area (Å²) in [5, 5.41) is 3.60. The first-order chi connectivity index (χ1) is 15.8. The number of pyridine rings is 2. The number of hydrogen-bond acceptors (Lipinski definition) is 6. The van der Waals surface area contributed by atoms with E-state index in [2.05, 4.69) is 26.3 Å². The van der Waals surface area contributed by atoms with Crippen molar-refractivity contribution in [3.63, 3.8) is 0 Å². The lowest BCUT2D eigenvalue weighted by molar-refractivity contribution is -0.131. The van der Waals surface area contributed by atoms with Crippen molar-refractivity contribution in [2.45, 2.75) is 44.6 Å². The number of likely N-dealkylation sites (tertiary alicyclic amines) is 1. The standard InChI is InChI=1S/C24H25FN6O2/c1-14(17-11-20(32)28-12-19(17)25)23(33)31-9-6-24(13-31)5-4-16-10-18(15(2)29-21(16)30-24)22-26-7-3-8-27-22/h3,7-8,10-12,14H,4-6,9,13H2,1-2H3,(H,28,32)(H,29,30)/t14-,24+/m1/s1. The molecule has 1 spiro atoms. The summed E-state index contributed by atoms with van der Waals surface area (Å²) in [6, 6.07) is 5.05. The molecule has 3 aromatic heterocycles. The first kappa shape index (κ1) is 21.2. The van der Waals surface area contributed by atoms with Gasteiger partial charge in [0.2, 0.25) is 11.5 Å². The van der Waals surface area contributed by atoms with Crippen molar-refractivity contribution in [1.29, 1.82) is 0 Å². The molecule has 2 N–H and O–H groups in total. The highest BCUT2D eigenvalue weighted by Gasteiger charge is 2.43. The summed E-state index contributed by atoms with van der Waals surface area (Å²) in [6.07, 6.45) is 6.92. The minimum atomic E-state index is -0.730. The van der Waals surface area contributed by atoms with Crippen LogP contribution in [0, 0.1) is 12.7 Å². The number of aromatic nitrogens is 4. The van der Waals surface area contributed by atoms with Crippen LogP contribution in [0.2, 0.25) is 0 Å². The summed E-state index contributed by atoms with van der Waals surface area (Å²) >= 11 is 0. The lowest BCUT2D eigenvalue weighted by atomic mass is 9.86. The predicted molar refractivity (Wildman–Crippen MR) is 121 cm³/mol. The summed E-state index contributed by atoms with van der Waals surface area (Å²) in [7, 11) is 0. The van der Waals surface area contributed by atoms with E-state index >= 15 is 0 Å². The first-order valence-corrected chi connectivity index (χ1v) is 11.1. The second-order valence-corrected chi connectivity index (χ2v) is 8.94. The Morgan fingerprint density at radius 3 is 2.82 bits per heavy atom. The maximum Gasteiger partial charge on any atom is 0.248 e. The van der Waals surface area contributed by atoms with Crippen molar-refractivity contribution in [2.24, 2.45) is 0 Å². The number of carbonyl (C=O) groups excluding carboxylic acids is 1. The fourth-order valence-electron chi connectivity index (χ4n) is 4.87. The summed E-state index contributed by atoms with van der Waals surface area (Å²) in [5.74, 6) is 0.00868. The van der Waals surface area contributed by atoms with E-state index in [1.54, 1.807) is 30.3 Å². The molecule has 170 valence electrons. The fourth-order valence-corrected chi connectivity index (χ4v) is 4.87. The number of anilines is 1. The molecule has 5 rings (SSSR count). The van der Waals surface area contributed by atoms with E-state index in [4.69, 9.17) is 4.98 Å². The van der Waals surface area contributed by atoms with Gasteiger partial charge in [0.25, 0.3) is 0 Å². The van der Waals surface area contributed by atoms with Crippen LogP contribution in [-0.4, -0.2) is 49.4 Å². The van der Waals surface area contributed by atoms with Crippen LogP contribution < -0.4 is 10.9 Å². The topological polar surface area (TPSA) is 104 Å². The SMILES string of the molecule is Cc1nc2c(cc1-c1ncccn1)CC[C@@]1(CCN(C(=O)[C@H](C)c3cc(=O)[nH]cc3F)C1)N2. The zero-order valence-electron chi connectivity index (χ0n) is 18.6. The van der Waals surface area contributed by atoms with Crippen LogP contribution in [0.25, 0.3) is 11.4 Å². The molecular weight excluding hydrogens is 423 g/mol. The molecule has 0 bridgehead atoms. The number of aryl methyl sites for hydroxylation is 2. The second kappa shape index (κ2) is 8.06. The number of fused-ring (bicyclic) bond motifs is 1. The van der Waals surface area contributed by atoms with Crippen molar-refractivity contribution in [3.05, 3.63) is 69.8 Å². The fraction of sp³-hybridized carbons (Fsp3) is 0.375. The maximum absolute atomic E-state index is 14.2. The van der Waals surface area contributed by atoms with E-state index in [-0.39, 0.29) is 17.0 Å². The molecular formula is C24H25FN6O2. The molecule has 8 nitrogen and oxygen atoms in total. The molecule has 5 heterocycles. The monoisotopic (exact) mass is 448 g/mol. The van der Waals surface area contributed by atoms with Crippen LogP contribution in [0.5, 0.6) is 0 Å². The largest absolute Gasteiger partial charge is 0.363 e. The van der Waals surface area contributed by atoms with Gasteiger partial charge in [0.05, 0.1) is 17.2 Å². The number of halogens is 1. The number of nitrogens with zero attached hydrogens (tertiary/aromatic N) is 4. The van der Waals surface area contributed by atoms with Crippen LogP contribution in [-0.2, 0) is 11.2 Å². The van der Waals surface area contributed by atoms with Crippen molar-refractivity contribution < 1.29 is 9.18 Å². The summed E-state index contributed by atoms with van der Waals surface area (Å²) in [5.41, 5.74) is 2.31. The molecule has 0 radical (unpaired) electrons. The van der Waals surface area contributed by atoms with Gasteiger partial charge in [-0.25, -0.2) is 19.3 Å². The van der Waals surface area contributed by atoms with Crippen LogP contribution >= 0.6 is 0 Å². The number of rotatable bonds is 3. The van der Waals surface area contributed by atoms with E-state index in [0.717, 1.165) is 48.1 Å². The van der Waals surface area contributed by atoms with Gasteiger partial charge in [-0.05, 0) is 50.8 Å². The third-order valence-electron chi connectivity index (χ3n) is 6.76. The Labute approximate surface area is 190 Å². The molecule has 1 fully saturated rings. The third kappa shape index (κ3) is 3.88. The molecule has 1 saturated heterocycles. The van der Waals surface area contributed by atoms with Crippen LogP contribution in [0.15, 0.2) is 41.6 Å². The predicted octanol–water partition coefficient (Wildman–Crippen LogP) is 2.81. The van der Waals surface area contributed by atoms with Gasteiger partial charge in [0.15, 0.2) is 5.82 Å². The summed E-state index contributed by atoms with van der Waals surface area (Å²) < 4.78 is 14.2. The normalized spacial score (nSPS) is 20.4. The second-order valence-electron chi connectivity index (χ2n) is 8.94. The van der Waals surface area contributed by atoms with E-state index < -0.39 is 17.3 Å². The maximum atomic E-state index is 14.2. The van der Waals surface area contributed by atoms with Gasteiger partial charge >= 0.3 is 0 Å². The minimum Gasteiger partial charge on any atom is -0.363 e. The summed E-state index contributed by atoms with van der Waals surface area (Å²) in [4.78, 5) is 42.3. The molecule has 2 atom stereocenters. The number of hydrogen-bond donors (Lipinski definition) is 2. The molecule has 0 saturated carbocycles. The van der Waals surface area contributed by atoms with Crippen molar-refractivity contribution in [3.8, 4) is 11.4 Å². The Bertz CT molecular complexity index is 1280.